The molecule has 0 radical (unpaired) electrons. The van der Waals surface area contributed by atoms with E-state index in [0.717, 1.165) is 4.43 Å². The second kappa shape index (κ2) is 5.19. The normalized spacial score (nSPS) is 12.4. The molecule has 0 saturated carbocycles. The van der Waals surface area contributed by atoms with Gasteiger partial charge in [0.15, 0.2) is 0 Å². The van der Waals surface area contributed by atoms with Crippen LogP contribution in [0.25, 0.3) is 0 Å². The third-order valence-electron chi connectivity index (χ3n) is 1.47. The van der Waals surface area contributed by atoms with Gasteiger partial charge < -0.3 is 10.1 Å². The molecule has 0 aromatic rings. The molecule has 0 atom stereocenters. The predicted octanol–water partition coefficient (Wildman–Crippen LogP) is 2.97. The summed E-state index contributed by atoms with van der Waals surface area (Å²) in [6.07, 6.45) is -0.338. The van der Waals surface area contributed by atoms with Gasteiger partial charge >= 0.3 is 6.09 Å². The molecule has 0 aliphatic carbocycles. The molecule has 0 aliphatic rings. The number of alkyl carbamates (subject to hydrolysis) is 1. The Bertz CT molecular complexity index is 197. The second-order valence-electron chi connectivity index (χ2n) is 5.15. The Morgan fingerprint density at radius 2 is 1.79 bits per heavy atom. The molecule has 1 amide bonds. The summed E-state index contributed by atoms with van der Waals surface area (Å²) in [6.45, 7) is 10.4. The van der Waals surface area contributed by atoms with E-state index in [2.05, 4.69) is 41.8 Å². The zero-order valence-corrected chi connectivity index (χ0v) is 11.8. The topological polar surface area (TPSA) is 38.3 Å². The summed E-state index contributed by atoms with van der Waals surface area (Å²) in [6, 6.07) is 0. The smallest absolute Gasteiger partial charge is 0.407 e. The number of alkyl halides is 1. The molecule has 0 saturated heterocycles. The summed E-state index contributed by atoms with van der Waals surface area (Å²) in [5.74, 6) is 0. The lowest BCUT2D eigenvalue weighted by Crippen LogP contribution is -2.38. The molecule has 0 fully saturated rings. The molecule has 84 valence electrons. The lowest BCUT2D eigenvalue weighted by molar-refractivity contribution is 0.0511. The molecule has 0 aliphatic heterocycles. The van der Waals surface area contributed by atoms with Gasteiger partial charge in [-0.15, -0.1) is 0 Å². The van der Waals surface area contributed by atoms with Gasteiger partial charge in [-0.3, -0.25) is 0 Å². The Labute approximate surface area is 100 Å². The number of hydrogen-bond donors (Lipinski definition) is 1. The van der Waals surface area contributed by atoms with Gasteiger partial charge in [-0.25, -0.2) is 4.79 Å². The van der Waals surface area contributed by atoms with Crippen LogP contribution >= 0.6 is 22.6 Å². The van der Waals surface area contributed by atoms with Gasteiger partial charge in [0.1, 0.15) is 5.60 Å². The van der Waals surface area contributed by atoms with Crippen molar-refractivity contribution < 1.29 is 9.53 Å². The van der Waals surface area contributed by atoms with Crippen LogP contribution in [0.5, 0.6) is 0 Å². The molecule has 0 unspecified atom stereocenters. The van der Waals surface area contributed by atoms with Crippen LogP contribution in [0.3, 0.4) is 0 Å². The first kappa shape index (κ1) is 14.0. The van der Waals surface area contributed by atoms with Crippen LogP contribution < -0.4 is 5.32 Å². The maximum atomic E-state index is 11.3. The highest BCUT2D eigenvalue weighted by molar-refractivity contribution is 14.1. The molecule has 1 N–H and O–H groups in total. The minimum atomic E-state index is -0.418. The number of amides is 1. The van der Waals surface area contributed by atoms with E-state index in [0.29, 0.717) is 6.54 Å². The Morgan fingerprint density at radius 1 is 1.29 bits per heavy atom. The summed E-state index contributed by atoms with van der Waals surface area (Å²) < 4.78 is 6.13. The van der Waals surface area contributed by atoms with Crippen molar-refractivity contribution in [2.24, 2.45) is 5.41 Å². The number of carbonyl (C=O) groups excluding carboxylic acids is 1. The number of hydrogen-bond acceptors (Lipinski definition) is 2. The highest BCUT2D eigenvalue weighted by atomic mass is 127. The van der Waals surface area contributed by atoms with Gasteiger partial charge in [0.05, 0.1) is 0 Å². The van der Waals surface area contributed by atoms with Crippen LogP contribution in [0.15, 0.2) is 0 Å². The van der Waals surface area contributed by atoms with Gasteiger partial charge in [0.25, 0.3) is 0 Å². The fraction of sp³-hybridized carbons (Fsp3) is 0.900. The molecule has 0 aromatic carbocycles. The fourth-order valence-corrected chi connectivity index (χ4v) is 0.943. The molecule has 0 heterocycles. The summed E-state index contributed by atoms with van der Waals surface area (Å²) in [7, 11) is 0. The van der Waals surface area contributed by atoms with Crippen LogP contribution in [0.2, 0.25) is 0 Å². The van der Waals surface area contributed by atoms with E-state index in [1.165, 1.54) is 0 Å². The van der Waals surface area contributed by atoms with Gasteiger partial charge in [-0.2, -0.15) is 0 Å². The largest absolute Gasteiger partial charge is 0.444 e. The Balaban J connectivity index is 3.87. The van der Waals surface area contributed by atoms with Crippen LogP contribution in [0.1, 0.15) is 34.6 Å². The lowest BCUT2D eigenvalue weighted by Gasteiger charge is -2.24. The third kappa shape index (κ3) is 7.41. The molecule has 0 spiro atoms. The number of rotatable bonds is 3. The molecule has 4 heteroatoms. The van der Waals surface area contributed by atoms with E-state index in [4.69, 9.17) is 4.74 Å². The summed E-state index contributed by atoms with van der Waals surface area (Å²) >= 11 is 2.31. The van der Waals surface area contributed by atoms with E-state index < -0.39 is 5.60 Å². The van der Waals surface area contributed by atoms with Crippen LogP contribution in [-0.2, 0) is 4.74 Å². The molecule has 3 nitrogen and oxygen atoms in total. The standard InChI is InChI=1S/C10H20INO2/c1-9(2,3)14-8(13)12-7-10(4,5)6-11/h6-7H2,1-5H3,(H,12,13). The molecule has 14 heavy (non-hydrogen) atoms. The molecular formula is C10H20INO2. The second-order valence-corrected chi connectivity index (χ2v) is 5.92. The summed E-state index contributed by atoms with van der Waals surface area (Å²) in [5.41, 5.74) is -0.296. The average Bonchev–Trinajstić information content (AvgIpc) is 1.98. The minimum Gasteiger partial charge on any atom is -0.444 e. The van der Waals surface area contributed by atoms with Crippen molar-refractivity contribution in [1.29, 1.82) is 0 Å². The molecular weight excluding hydrogens is 293 g/mol. The third-order valence-corrected chi connectivity index (χ3v) is 3.54. The molecule has 0 rings (SSSR count). The van der Waals surface area contributed by atoms with Gasteiger partial charge in [0.2, 0.25) is 0 Å². The summed E-state index contributed by atoms with van der Waals surface area (Å²) in [5, 5.41) is 2.76. The maximum Gasteiger partial charge on any atom is 0.407 e. The van der Waals surface area contributed by atoms with Crippen molar-refractivity contribution in [3.05, 3.63) is 0 Å². The van der Waals surface area contributed by atoms with Gasteiger partial charge in [-0.1, -0.05) is 36.4 Å². The first-order valence-corrected chi connectivity index (χ1v) is 6.22. The molecule has 0 bridgehead atoms. The molecule has 0 aromatic heterocycles. The summed E-state index contributed by atoms with van der Waals surface area (Å²) in [4.78, 5) is 11.3. The monoisotopic (exact) mass is 313 g/mol. The highest BCUT2D eigenvalue weighted by Crippen LogP contribution is 2.17. The van der Waals surface area contributed by atoms with Crippen molar-refractivity contribution in [1.82, 2.24) is 5.32 Å². The zero-order valence-electron chi connectivity index (χ0n) is 9.61. The van der Waals surface area contributed by atoms with Crippen LogP contribution in [0, 0.1) is 5.41 Å². The number of carbonyl (C=O) groups is 1. The van der Waals surface area contributed by atoms with Crippen molar-refractivity contribution in [3.63, 3.8) is 0 Å². The first-order chi connectivity index (χ1) is 6.16. The van der Waals surface area contributed by atoms with Crippen molar-refractivity contribution in [2.45, 2.75) is 40.2 Å². The number of ether oxygens (including phenoxy) is 1. The SMILES string of the molecule is CC(C)(CI)CNC(=O)OC(C)(C)C. The van der Waals surface area contributed by atoms with Crippen LogP contribution in [-0.4, -0.2) is 22.7 Å². The number of nitrogens with one attached hydrogen (secondary N) is 1. The zero-order chi connectivity index (χ0) is 11.4. The average molecular weight is 313 g/mol. The van der Waals surface area contributed by atoms with E-state index in [1.807, 2.05) is 20.8 Å². The first-order valence-electron chi connectivity index (χ1n) is 4.69. The Morgan fingerprint density at radius 3 is 2.14 bits per heavy atom. The van der Waals surface area contributed by atoms with E-state index in [-0.39, 0.29) is 11.5 Å². The van der Waals surface area contributed by atoms with E-state index in [9.17, 15) is 4.79 Å². The van der Waals surface area contributed by atoms with Crippen molar-refractivity contribution in [2.75, 3.05) is 11.0 Å². The van der Waals surface area contributed by atoms with Gasteiger partial charge in [0, 0.05) is 11.0 Å². The van der Waals surface area contributed by atoms with E-state index >= 15 is 0 Å². The Hall–Kier alpha value is 0. The maximum absolute atomic E-state index is 11.3. The van der Waals surface area contributed by atoms with Crippen LogP contribution in [0.4, 0.5) is 4.79 Å². The lowest BCUT2D eigenvalue weighted by atomic mass is 9.97. The number of halogens is 1. The van der Waals surface area contributed by atoms with Gasteiger partial charge in [-0.05, 0) is 26.2 Å². The minimum absolute atomic E-state index is 0.122. The fourth-order valence-electron chi connectivity index (χ4n) is 0.673. The van der Waals surface area contributed by atoms with E-state index in [1.54, 1.807) is 0 Å². The van der Waals surface area contributed by atoms with Crippen molar-refractivity contribution in [3.8, 4) is 0 Å². The quantitative estimate of drug-likeness (QED) is 0.642. The predicted molar refractivity (Wildman–Crippen MR) is 66.9 cm³/mol. The Kier molecular flexibility index (Phi) is 5.19. The highest BCUT2D eigenvalue weighted by Gasteiger charge is 2.20. The van der Waals surface area contributed by atoms with Crippen molar-refractivity contribution >= 4 is 28.7 Å².